The zero-order valence-electron chi connectivity index (χ0n) is 11.6. The van der Waals surface area contributed by atoms with E-state index in [1.165, 1.54) is 0 Å². The molecule has 0 saturated heterocycles. The molecular weight excluding hydrogens is 278 g/mol. The van der Waals surface area contributed by atoms with Gasteiger partial charge in [0.2, 0.25) is 10.0 Å². The Morgan fingerprint density at radius 3 is 2.60 bits per heavy atom. The second kappa shape index (κ2) is 5.54. The van der Waals surface area contributed by atoms with Crippen LogP contribution in [0.4, 0.5) is 0 Å². The Labute approximate surface area is 119 Å². The van der Waals surface area contributed by atoms with Gasteiger partial charge in [-0.3, -0.25) is 4.79 Å². The topological polar surface area (TPSA) is 83.5 Å². The van der Waals surface area contributed by atoms with Crippen LogP contribution < -0.4 is 4.72 Å². The Morgan fingerprint density at radius 1 is 1.30 bits per heavy atom. The van der Waals surface area contributed by atoms with E-state index in [1.54, 1.807) is 19.1 Å². The van der Waals surface area contributed by atoms with Crippen molar-refractivity contribution in [2.24, 2.45) is 5.92 Å². The lowest BCUT2D eigenvalue weighted by molar-refractivity contribution is -0.141. The van der Waals surface area contributed by atoms with Gasteiger partial charge in [-0.15, -0.1) is 0 Å². The standard InChI is InChI=1S/C14H19NO4S/c1-9-3-4-10(2)13(7-9)20(18,19)15-12-6-5-11(8-12)14(16)17/h3-4,7,11-12,15H,5-6,8H2,1-2H3,(H,16,17)/t11-,12+/m1/s1. The Bertz CT molecular complexity index is 624. The molecule has 1 aromatic carbocycles. The van der Waals surface area contributed by atoms with Crippen LogP contribution in [-0.2, 0) is 14.8 Å². The molecule has 110 valence electrons. The van der Waals surface area contributed by atoms with E-state index in [1.807, 2.05) is 13.0 Å². The molecule has 2 N–H and O–H groups in total. The van der Waals surface area contributed by atoms with Crippen LogP contribution >= 0.6 is 0 Å². The van der Waals surface area contributed by atoms with Crippen LogP contribution in [0.5, 0.6) is 0 Å². The smallest absolute Gasteiger partial charge is 0.306 e. The van der Waals surface area contributed by atoms with Crippen LogP contribution in [0, 0.1) is 19.8 Å². The van der Waals surface area contributed by atoms with Crippen molar-refractivity contribution < 1.29 is 18.3 Å². The fraction of sp³-hybridized carbons (Fsp3) is 0.500. The van der Waals surface area contributed by atoms with E-state index in [2.05, 4.69) is 4.72 Å². The number of benzene rings is 1. The number of carboxylic acid groups (broad SMARTS) is 1. The molecule has 0 amide bonds. The van der Waals surface area contributed by atoms with Crippen LogP contribution in [0.1, 0.15) is 30.4 Å². The first kappa shape index (κ1) is 15.0. The van der Waals surface area contributed by atoms with Gasteiger partial charge >= 0.3 is 5.97 Å². The summed E-state index contributed by atoms with van der Waals surface area (Å²) in [6, 6.07) is 4.99. The van der Waals surface area contributed by atoms with Gasteiger partial charge in [0.1, 0.15) is 0 Å². The molecule has 1 saturated carbocycles. The van der Waals surface area contributed by atoms with Gasteiger partial charge in [-0.2, -0.15) is 0 Å². The highest BCUT2D eigenvalue weighted by Gasteiger charge is 2.32. The predicted molar refractivity (Wildman–Crippen MR) is 75.0 cm³/mol. The zero-order valence-corrected chi connectivity index (χ0v) is 12.4. The van der Waals surface area contributed by atoms with Crippen molar-refractivity contribution in [2.45, 2.75) is 44.0 Å². The maximum atomic E-state index is 12.4. The minimum atomic E-state index is -3.59. The van der Waals surface area contributed by atoms with Crippen LogP contribution in [0.2, 0.25) is 0 Å². The summed E-state index contributed by atoms with van der Waals surface area (Å²) in [5.41, 5.74) is 1.57. The molecule has 0 aliphatic heterocycles. The highest BCUT2D eigenvalue weighted by molar-refractivity contribution is 7.89. The summed E-state index contributed by atoms with van der Waals surface area (Å²) in [5, 5.41) is 8.95. The molecule has 20 heavy (non-hydrogen) atoms. The van der Waals surface area contributed by atoms with Crippen molar-refractivity contribution in [2.75, 3.05) is 0 Å². The van der Waals surface area contributed by atoms with Gasteiger partial charge in [0.05, 0.1) is 10.8 Å². The molecule has 6 heteroatoms. The third-order valence-electron chi connectivity index (χ3n) is 3.74. The maximum Gasteiger partial charge on any atom is 0.306 e. The molecular formula is C14H19NO4S. The number of carboxylic acids is 1. The minimum Gasteiger partial charge on any atom is -0.481 e. The summed E-state index contributed by atoms with van der Waals surface area (Å²) < 4.78 is 27.4. The average Bonchev–Trinajstić information content (AvgIpc) is 2.80. The molecule has 1 aliphatic rings. The number of carbonyl (C=O) groups is 1. The van der Waals surface area contributed by atoms with E-state index in [0.29, 0.717) is 24.8 Å². The number of aliphatic carboxylic acids is 1. The fourth-order valence-electron chi connectivity index (χ4n) is 2.59. The number of aryl methyl sites for hydroxylation is 2. The summed E-state index contributed by atoms with van der Waals surface area (Å²) >= 11 is 0. The highest BCUT2D eigenvalue weighted by Crippen LogP contribution is 2.27. The summed E-state index contributed by atoms with van der Waals surface area (Å²) in [5.74, 6) is -1.29. The van der Waals surface area contributed by atoms with Crippen molar-refractivity contribution in [3.05, 3.63) is 29.3 Å². The molecule has 0 aromatic heterocycles. The van der Waals surface area contributed by atoms with Crippen molar-refractivity contribution in [3.8, 4) is 0 Å². The molecule has 0 spiro atoms. The summed E-state index contributed by atoms with van der Waals surface area (Å²) in [6.07, 6.45) is 1.45. The minimum absolute atomic E-state index is 0.274. The summed E-state index contributed by atoms with van der Waals surface area (Å²) in [7, 11) is -3.59. The number of rotatable bonds is 4. The van der Waals surface area contributed by atoms with Crippen molar-refractivity contribution in [3.63, 3.8) is 0 Å². The van der Waals surface area contributed by atoms with Crippen LogP contribution in [-0.4, -0.2) is 25.5 Å². The van der Waals surface area contributed by atoms with Gasteiger partial charge in [0.15, 0.2) is 0 Å². The van der Waals surface area contributed by atoms with Gasteiger partial charge in [-0.25, -0.2) is 13.1 Å². The fourth-order valence-corrected chi connectivity index (χ4v) is 4.21. The van der Waals surface area contributed by atoms with Crippen molar-refractivity contribution >= 4 is 16.0 Å². The first-order chi connectivity index (χ1) is 9.29. The predicted octanol–water partition coefficient (Wildman–Crippen LogP) is 1.84. The third kappa shape index (κ3) is 3.19. The molecule has 1 aromatic rings. The summed E-state index contributed by atoms with van der Waals surface area (Å²) in [4.78, 5) is 11.2. The van der Waals surface area contributed by atoms with Crippen molar-refractivity contribution in [1.29, 1.82) is 0 Å². The second-order valence-electron chi connectivity index (χ2n) is 5.44. The van der Waals surface area contributed by atoms with Gasteiger partial charge < -0.3 is 5.11 Å². The highest BCUT2D eigenvalue weighted by atomic mass is 32.2. The second-order valence-corrected chi connectivity index (χ2v) is 7.12. The van der Waals surface area contributed by atoms with Gasteiger partial charge in [0, 0.05) is 6.04 Å². The summed E-state index contributed by atoms with van der Waals surface area (Å²) in [6.45, 7) is 3.59. The molecule has 5 nitrogen and oxygen atoms in total. The zero-order chi connectivity index (χ0) is 14.9. The Balaban J connectivity index is 2.16. The van der Waals surface area contributed by atoms with Gasteiger partial charge in [0.25, 0.3) is 0 Å². The van der Waals surface area contributed by atoms with Crippen molar-refractivity contribution in [1.82, 2.24) is 4.72 Å². The van der Waals surface area contributed by atoms with Gasteiger partial charge in [-0.05, 0) is 50.3 Å². The molecule has 0 unspecified atom stereocenters. The van der Waals surface area contributed by atoms with Gasteiger partial charge in [-0.1, -0.05) is 12.1 Å². The first-order valence-corrected chi connectivity index (χ1v) is 8.10. The van der Waals surface area contributed by atoms with E-state index in [0.717, 1.165) is 5.56 Å². The van der Waals surface area contributed by atoms with E-state index in [-0.39, 0.29) is 10.9 Å². The van der Waals surface area contributed by atoms with E-state index in [4.69, 9.17) is 5.11 Å². The average molecular weight is 297 g/mol. The number of hydrogen-bond acceptors (Lipinski definition) is 3. The number of nitrogens with one attached hydrogen (secondary N) is 1. The molecule has 0 heterocycles. The Morgan fingerprint density at radius 2 is 2.00 bits per heavy atom. The Kier molecular flexibility index (Phi) is 4.15. The first-order valence-electron chi connectivity index (χ1n) is 6.62. The normalized spacial score (nSPS) is 22.9. The molecule has 0 radical (unpaired) electrons. The molecule has 1 aliphatic carbocycles. The maximum absolute atomic E-state index is 12.4. The number of sulfonamides is 1. The third-order valence-corrected chi connectivity index (χ3v) is 5.40. The SMILES string of the molecule is Cc1ccc(C)c(S(=O)(=O)N[C@H]2CC[C@@H](C(=O)O)C2)c1. The molecule has 2 rings (SSSR count). The van der Waals surface area contributed by atoms with E-state index >= 15 is 0 Å². The lowest BCUT2D eigenvalue weighted by Gasteiger charge is -2.15. The molecule has 2 atom stereocenters. The molecule has 1 fully saturated rings. The largest absolute Gasteiger partial charge is 0.481 e. The van der Waals surface area contributed by atoms with Crippen LogP contribution in [0.15, 0.2) is 23.1 Å². The quantitative estimate of drug-likeness (QED) is 0.888. The lowest BCUT2D eigenvalue weighted by Crippen LogP contribution is -2.33. The number of hydrogen-bond donors (Lipinski definition) is 2. The molecule has 0 bridgehead atoms. The van der Waals surface area contributed by atoms with Crippen LogP contribution in [0.3, 0.4) is 0 Å². The lowest BCUT2D eigenvalue weighted by atomic mass is 10.1. The van der Waals surface area contributed by atoms with Crippen LogP contribution in [0.25, 0.3) is 0 Å². The Hall–Kier alpha value is -1.40. The monoisotopic (exact) mass is 297 g/mol. The van der Waals surface area contributed by atoms with E-state index in [9.17, 15) is 13.2 Å². The van der Waals surface area contributed by atoms with E-state index < -0.39 is 21.9 Å².